The van der Waals surface area contributed by atoms with Crippen molar-refractivity contribution < 1.29 is 14.8 Å². The van der Waals surface area contributed by atoms with Crippen LogP contribution in [0, 0.1) is 10.1 Å². The van der Waals surface area contributed by atoms with Gasteiger partial charge in [0.15, 0.2) is 0 Å². The summed E-state index contributed by atoms with van der Waals surface area (Å²) >= 11 is 0. The number of rotatable bonds is 5. The molecule has 118 valence electrons. The average molecular weight is 313 g/mol. The maximum atomic E-state index is 11.8. The Balaban J connectivity index is 1.95. The number of hydrogen-bond acceptors (Lipinski definition) is 5. The molecule has 1 amide bonds. The molecule has 0 radical (unpaired) electrons. The number of nitrogens with zero attached hydrogens (tertiary/aromatic N) is 2. The zero-order valence-corrected chi connectivity index (χ0v) is 12.4. The van der Waals surface area contributed by atoms with Gasteiger partial charge < -0.3 is 5.11 Å². The predicted molar refractivity (Wildman–Crippen MR) is 85.3 cm³/mol. The highest BCUT2D eigenvalue weighted by atomic mass is 16.6. The molecule has 7 nitrogen and oxygen atoms in total. The number of amides is 1. The number of phenolic OH excluding ortho intramolecular Hbond substituents is 1. The minimum absolute atomic E-state index is 0.0182. The number of nitrogens with one attached hydrogen (secondary N) is 1. The molecule has 0 aliphatic carbocycles. The standard InChI is InChI=1S/C16H15N3O4/c1-11(13-4-8-15(20)9-5-13)17-18-16(21)10-12-2-6-14(7-3-12)19(22)23/h2-9,20H,10H2,1H3,(H,18,21). The smallest absolute Gasteiger partial charge is 0.269 e. The Morgan fingerprint density at radius 1 is 1.17 bits per heavy atom. The second-order valence-electron chi connectivity index (χ2n) is 4.88. The summed E-state index contributed by atoms with van der Waals surface area (Å²) in [6.07, 6.45) is 0.0738. The van der Waals surface area contributed by atoms with Gasteiger partial charge in [0.05, 0.1) is 17.1 Å². The van der Waals surface area contributed by atoms with Crippen molar-refractivity contribution >= 4 is 17.3 Å². The molecule has 23 heavy (non-hydrogen) atoms. The first kappa shape index (κ1) is 16.2. The van der Waals surface area contributed by atoms with Gasteiger partial charge in [-0.2, -0.15) is 5.10 Å². The van der Waals surface area contributed by atoms with E-state index in [1.54, 1.807) is 19.1 Å². The number of phenols is 1. The summed E-state index contributed by atoms with van der Waals surface area (Å²) in [5.74, 6) is -0.166. The summed E-state index contributed by atoms with van der Waals surface area (Å²) in [7, 11) is 0. The molecule has 0 bridgehead atoms. The molecule has 0 saturated heterocycles. The first-order chi connectivity index (χ1) is 11.0. The molecule has 0 heterocycles. The number of carbonyl (C=O) groups excluding carboxylic acids is 1. The molecule has 2 N–H and O–H groups in total. The molecule has 0 saturated carbocycles. The highest BCUT2D eigenvalue weighted by Gasteiger charge is 2.07. The lowest BCUT2D eigenvalue weighted by Gasteiger charge is -2.03. The molecule has 2 aromatic rings. The Kier molecular flexibility index (Phi) is 5.03. The van der Waals surface area contributed by atoms with E-state index in [1.807, 2.05) is 0 Å². The fourth-order valence-electron chi connectivity index (χ4n) is 1.87. The van der Waals surface area contributed by atoms with E-state index in [-0.39, 0.29) is 23.8 Å². The molecule has 0 aliphatic rings. The second-order valence-corrected chi connectivity index (χ2v) is 4.88. The van der Waals surface area contributed by atoms with E-state index >= 15 is 0 Å². The van der Waals surface area contributed by atoms with Crippen molar-refractivity contribution in [1.82, 2.24) is 5.43 Å². The van der Waals surface area contributed by atoms with Crippen molar-refractivity contribution in [2.45, 2.75) is 13.3 Å². The summed E-state index contributed by atoms with van der Waals surface area (Å²) in [6, 6.07) is 12.2. The lowest BCUT2D eigenvalue weighted by Crippen LogP contribution is -2.21. The summed E-state index contributed by atoms with van der Waals surface area (Å²) in [5, 5.41) is 23.8. The summed E-state index contributed by atoms with van der Waals surface area (Å²) in [5.41, 5.74) is 4.45. The van der Waals surface area contributed by atoms with Crippen LogP contribution in [0.1, 0.15) is 18.1 Å². The Bertz CT molecular complexity index is 737. The van der Waals surface area contributed by atoms with E-state index in [0.29, 0.717) is 11.3 Å². The van der Waals surface area contributed by atoms with E-state index in [4.69, 9.17) is 0 Å². The highest BCUT2D eigenvalue weighted by Crippen LogP contribution is 2.12. The number of carbonyl (C=O) groups is 1. The van der Waals surface area contributed by atoms with Gasteiger partial charge in [0.1, 0.15) is 5.75 Å². The van der Waals surface area contributed by atoms with Gasteiger partial charge in [-0.3, -0.25) is 14.9 Å². The minimum atomic E-state index is -0.491. The number of nitro benzene ring substituents is 1. The predicted octanol–water partition coefficient (Wildman–Crippen LogP) is 2.38. The Morgan fingerprint density at radius 2 is 1.78 bits per heavy atom. The van der Waals surface area contributed by atoms with Gasteiger partial charge in [-0.15, -0.1) is 0 Å². The molecule has 0 fully saturated rings. The first-order valence-corrected chi connectivity index (χ1v) is 6.81. The summed E-state index contributed by atoms with van der Waals surface area (Å²) < 4.78 is 0. The van der Waals surface area contributed by atoms with Gasteiger partial charge in [0.2, 0.25) is 5.91 Å². The second kappa shape index (κ2) is 7.17. The number of non-ortho nitro benzene ring substituents is 1. The summed E-state index contributed by atoms with van der Waals surface area (Å²) in [6.45, 7) is 1.73. The normalized spacial score (nSPS) is 11.1. The minimum Gasteiger partial charge on any atom is -0.508 e. The maximum Gasteiger partial charge on any atom is 0.269 e. The molecular weight excluding hydrogens is 298 g/mol. The lowest BCUT2D eigenvalue weighted by atomic mass is 10.1. The molecule has 0 spiro atoms. The fraction of sp³-hybridized carbons (Fsp3) is 0.125. The molecule has 0 aliphatic heterocycles. The highest BCUT2D eigenvalue weighted by molar-refractivity contribution is 5.99. The maximum absolute atomic E-state index is 11.8. The van der Waals surface area contributed by atoms with Crippen LogP contribution >= 0.6 is 0 Å². The molecule has 0 unspecified atom stereocenters. The van der Waals surface area contributed by atoms with Crippen molar-refractivity contribution in [3.05, 3.63) is 69.8 Å². The molecule has 2 aromatic carbocycles. The Hall–Kier alpha value is -3.22. The Labute approximate surface area is 132 Å². The largest absolute Gasteiger partial charge is 0.508 e. The molecular formula is C16H15N3O4. The van der Waals surface area contributed by atoms with Crippen molar-refractivity contribution in [1.29, 1.82) is 0 Å². The van der Waals surface area contributed by atoms with Crippen LogP contribution in [0.15, 0.2) is 53.6 Å². The molecule has 0 aromatic heterocycles. The van der Waals surface area contributed by atoms with E-state index in [9.17, 15) is 20.0 Å². The molecule has 0 atom stereocenters. The third kappa shape index (κ3) is 4.63. The van der Waals surface area contributed by atoms with Crippen LogP contribution in [0.3, 0.4) is 0 Å². The van der Waals surface area contributed by atoms with Crippen molar-refractivity contribution in [3.63, 3.8) is 0 Å². The van der Waals surface area contributed by atoms with Crippen LogP contribution < -0.4 is 5.43 Å². The number of aromatic hydroxyl groups is 1. The monoisotopic (exact) mass is 313 g/mol. The van der Waals surface area contributed by atoms with E-state index in [1.165, 1.54) is 36.4 Å². The zero-order chi connectivity index (χ0) is 16.8. The molecule has 7 heteroatoms. The average Bonchev–Trinajstić information content (AvgIpc) is 2.54. The van der Waals surface area contributed by atoms with Crippen molar-refractivity contribution in [2.24, 2.45) is 5.10 Å². The van der Waals surface area contributed by atoms with E-state index in [0.717, 1.165) is 5.56 Å². The number of hydrazone groups is 1. The van der Waals surface area contributed by atoms with Gasteiger partial charge in [-0.1, -0.05) is 12.1 Å². The van der Waals surface area contributed by atoms with Gasteiger partial charge in [-0.05, 0) is 42.3 Å². The van der Waals surface area contributed by atoms with Crippen LogP contribution in [-0.4, -0.2) is 21.6 Å². The van der Waals surface area contributed by atoms with Gasteiger partial charge in [0, 0.05) is 12.1 Å². The third-order valence-electron chi connectivity index (χ3n) is 3.15. The number of benzene rings is 2. The van der Waals surface area contributed by atoms with Crippen LogP contribution in [-0.2, 0) is 11.2 Å². The topological polar surface area (TPSA) is 105 Å². The van der Waals surface area contributed by atoms with Crippen LogP contribution in [0.25, 0.3) is 0 Å². The van der Waals surface area contributed by atoms with Gasteiger partial charge >= 0.3 is 0 Å². The number of nitro groups is 1. The molecule has 2 rings (SSSR count). The van der Waals surface area contributed by atoms with Crippen LogP contribution in [0.2, 0.25) is 0 Å². The summed E-state index contributed by atoms with van der Waals surface area (Å²) in [4.78, 5) is 21.9. The van der Waals surface area contributed by atoms with Gasteiger partial charge in [-0.25, -0.2) is 5.43 Å². The third-order valence-corrected chi connectivity index (χ3v) is 3.15. The van der Waals surface area contributed by atoms with Crippen molar-refractivity contribution in [2.75, 3.05) is 0 Å². The Morgan fingerprint density at radius 3 is 2.35 bits per heavy atom. The quantitative estimate of drug-likeness (QED) is 0.502. The lowest BCUT2D eigenvalue weighted by molar-refractivity contribution is -0.384. The SMILES string of the molecule is CC(=NNC(=O)Cc1ccc([N+](=O)[O-])cc1)c1ccc(O)cc1. The zero-order valence-electron chi connectivity index (χ0n) is 12.4. The van der Waals surface area contributed by atoms with E-state index < -0.39 is 4.92 Å². The van der Waals surface area contributed by atoms with Crippen molar-refractivity contribution in [3.8, 4) is 5.75 Å². The fourth-order valence-corrected chi connectivity index (χ4v) is 1.87. The first-order valence-electron chi connectivity index (χ1n) is 6.81. The van der Waals surface area contributed by atoms with E-state index in [2.05, 4.69) is 10.5 Å². The van der Waals surface area contributed by atoms with Crippen LogP contribution in [0.5, 0.6) is 5.75 Å². The number of hydrogen-bond donors (Lipinski definition) is 2. The van der Waals surface area contributed by atoms with Gasteiger partial charge in [0.25, 0.3) is 5.69 Å². The van der Waals surface area contributed by atoms with Crippen LogP contribution in [0.4, 0.5) is 5.69 Å².